The second-order valence-corrected chi connectivity index (χ2v) is 5.82. The van der Waals surface area contributed by atoms with Gasteiger partial charge in [0, 0.05) is 17.6 Å². The van der Waals surface area contributed by atoms with Gasteiger partial charge in [-0.05, 0) is 47.9 Å². The number of fused-ring (bicyclic) bond motifs is 1. The van der Waals surface area contributed by atoms with Crippen LogP contribution < -0.4 is 5.32 Å². The smallest absolute Gasteiger partial charge is 0.134 e. The lowest BCUT2D eigenvalue weighted by molar-refractivity contribution is 0.476. The number of phenols is 1. The summed E-state index contributed by atoms with van der Waals surface area (Å²) in [6.45, 7) is 0. The van der Waals surface area contributed by atoms with E-state index in [1.54, 1.807) is 12.1 Å². The normalized spacial score (nSPS) is 16.9. The third-order valence-corrected chi connectivity index (χ3v) is 4.36. The zero-order chi connectivity index (χ0) is 12.4. The second kappa shape index (κ2) is 5.06. The van der Waals surface area contributed by atoms with E-state index in [4.69, 9.17) is 0 Å². The van der Waals surface area contributed by atoms with Gasteiger partial charge in [0.25, 0.3) is 0 Å². The van der Waals surface area contributed by atoms with Gasteiger partial charge >= 0.3 is 0 Å². The Labute approximate surface area is 111 Å². The summed E-state index contributed by atoms with van der Waals surface area (Å²) >= 11 is 2.01. The highest BCUT2D eigenvalue weighted by Crippen LogP contribution is 2.27. The molecule has 3 nitrogen and oxygen atoms in total. The van der Waals surface area contributed by atoms with E-state index in [2.05, 4.69) is 10.3 Å². The maximum absolute atomic E-state index is 9.60. The predicted octanol–water partition coefficient (Wildman–Crippen LogP) is 3.25. The molecule has 1 saturated heterocycles. The van der Waals surface area contributed by atoms with Crippen LogP contribution in [0.25, 0.3) is 10.8 Å². The van der Waals surface area contributed by atoms with Crippen LogP contribution >= 0.6 is 11.8 Å². The van der Waals surface area contributed by atoms with Crippen LogP contribution in [0.2, 0.25) is 0 Å². The fourth-order valence-electron chi connectivity index (χ4n) is 2.31. The lowest BCUT2D eigenvalue weighted by Gasteiger charge is -2.23. The highest BCUT2D eigenvalue weighted by Gasteiger charge is 2.14. The Hall–Kier alpha value is -1.42. The first-order chi connectivity index (χ1) is 8.83. The SMILES string of the molecule is Oc1ccc2ccnc(NC3CCSCC3)c2c1. The minimum absolute atomic E-state index is 0.290. The lowest BCUT2D eigenvalue weighted by atomic mass is 10.1. The van der Waals surface area contributed by atoms with Crippen LogP contribution in [0.3, 0.4) is 0 Å². The summed E-state index contributed by atoms with van der Waals surface area (Å²) in [5.41, 5.74) is 0. The molecule has 2 aromatic rings. The van der Waals surface area contributed by atoms with Crippen molar-refractivity contribution in [2.24, 2.45) is 0 Å². The first kappa shape index (κ1) is 11.7. The summed E-state index contributed by atoms with van der Waals surface area (Å²) in [6, 6.07) is 7.89. The third-order valence-electron chi connectivity index (χ3n) is 3.31. The molecule has 0 aliphatic carbocycles. The van der Waals surface area contributed by atoms with Crippen LogP contribution in [0.1, 0.15) is 12.8 Å². The molecule has 18 heavy (non-hydrogen) atoms. The Balaban J connectivity index is 1.92. The molecule has 0 unspecified atom stereocenters. The number of nitrogens with zero attached hydrogens (tertiary/aromatic N) is 1. The lowest BCUT2D eigenvalue weighted by Crippen LogP contribution is -2.25. The topological polar surface area (TPSA) is 45.2 Å². The van der Waals surface area contributed by atoms with E-state index >= 15 is 0 Å². The Morgan fingerprint density at radius 1 is 1.22 bits per heavy atom. The summed E-state index contributed by atoms with van der Waals surface area (Å²) in [5, 5.41) is 15.2. The van der Waals surface area contributed by atoms with E-state index < -0.39 is 0 Å². The molecule has 1 aromatic heterocycles. The van der Waals surface area contributed by atoms with E-state index in [1.165, 1.54) is 24.3 Å². The molecule has 0 atom stereocenters. The first-order valence-corrected chi connectivity index (χ1v) is 7.40. The van der Waals surface area contributed by atoms with Crippen molar-refractivity contribution in [1.82, 2.24) is 4.98 Å². The Bertz CT molecular complexity index is 552. The number of hydrogen-bond acceptors (Lipinski definition) is 4. The average Bonchev–Trinajstić information content (AvgIpc) is 2.41. The number of anilines is 1. The summed E-state index contributed by atoms with van der Waals surface area (Å²) in [4.78, 5) is 4.41. The number of nitrogens with one attached hydrogen (secondary N) is 1. The molecule has 1 fully saturated rings. The van der Waals surface area contributed by atoms with Gasteiger partial charge in [0.1, 0.15) is 11.6 Å². The molecular weight excluding hydrogens is 244 g/mol. The van der Waals surface area contributed by atoms with Gasteiger partial charge in [-0.25, -0.2) is 4.98 Å². The van der Waals surface area contributed by atoms with Gasteiger partial charge in [-0.15, -0.1) is 0 Å². The molecule has 0 bridgehead atoms. The largest absolute Gasteiger partial charge is 0.508 e. The molecule has 4 heteroatoms. The van der Waals surface area contributed by atoms with E-state index in [0.29, 0.717) is 6.04 Å². The number of phenolic OH excluding ortho intramolecular Hbond substituents is 1. The molecule has 2 heterocycles. The number of hydrogen-bond donors (Lipinski definition) is 2. The molecule has 1 aromatic carbocycles. The fraction of sp³-hybridized carbons (Fsp3) is 0.357. The molecule has 0 amide bonds. The van der Waals surface area contributed by atoms with Crippen molar-refractivity contribution in [2.75, 3.05) is 16.8 Å². The summed E-state index contributed by atoms with van der Waals surface area (Å²) < 4.78 is 0. The van der Waals surface area contributed by atoms with Crippen LogP contribution in [0, 0.1) is 0 Å². The van der Waals surface area contributed by atoms with Crippen LogP contribution in [0.15, 0.2) is 30.5 Å². The van der Waals surface area contributed by atoms with Crippen molar-refractivity contribution in [3.63, 3.8) is 0 Å². The number of thioether (sulfide) groups is 1. The van der Waals surface area contributed by atoms with E-state index in [-0.39, 0.29) is 5.75 Å². The maximum atomic E-state index is 9.60. The van der Waals surface area contributed by atoms with Gasteiger partial charge in [0.05, 0.1) is 0 Å². The molecule has 1 aliphatic heterocycles. The molecule has 0 radical (unpaired) electrons. The highest BCUT2D eigenvalue weighted by molar-refractivity contribution is 7.99. The molecule has 1 aliphatic rings. The van der Waals surface area contributed by atoms with Crippen molar-refractivity contribution in [3.05, 3.63) is 30.5 Å². The van der Waals surface area contributed by atoms with Crippen molar-refractivity contribution >= 4 is 28.4 Å². The predicted molar refractivity (Wildman–Crippen MR) is 77.4 cm³/mol. The number of rotatable bonds is 2. The minimum Gasteiger partial charge on any atom is -0.508 e. The van der Waals surface area contributed by atoms with E-state index in [9.17, 15) is 5.11 Å². The third kappa shape index (κ3) is 2.38. The van der Waals surface area contributed by atoms with Crippen LogP contribution in [-0.4, -0.2) is 27.6 Å². The standard InChI is InChI=1S/C14H16N2OS/c17-12-2-1-10-3-6-15-14(13(10)9-12)16-11-4-7-18-8-5-11/h1-3,6,9,11,17H,4-5,7-8H2,(H,15,16). The Morgan fingerprint density at radius 3 is 2.89 bits per heavy atom. The number of pyridine rings is 1. The molecule has 3 rings (SSSR count). The maximum Gasteiger partial charge on any atom is 0.134 e. The number of aromatic nitrogens is 1. The van der Waals surface area contributed by atoms with Gasteiger partial charge in [-0.1, -0.05) is 6.07 Å². The van der Waals surface area contributed by atoms with Gasteiger partial charge < -0.3 is 10.4 Å². The monoisotopic (exact) mass is 260 g/mol. The number of aromatic hydroxyl groups is 1. The fourth-order valence-corrected chi connectivity index (χ4v) is 3.41. The van der Waals surface area contributed by atoms with Gasteiger partial charge in [0.2, 0.25) is 0 Å². The molecule has 2 N–H and O–H groups in total. The van der Waals surface area contributed by atoms with Gasteiger partial charge in [0.15, 0.2) is 0 Å². The zero-order valence-corrected chi connectivity index (χ0v) is 10.9. The zero-order valence-electron chi connectivity index (χ0n) is 10.1. The van der Waals surface area contributed by atoms with Crippen LogP contribution in [0.5, 0.6) is 5.75 Å². The Kier molecular flexibility index (Phi) is 3.28. The number of benzene rings is 1. The van der Waals surface area contributed by atoms with Crippen molar-refractivity contribution < 1.29 is 5.11 Å². The quantitative estimate of drug-likeness (QED) is 0.870. The van der Waals surface area contributed by atoms with Crippen molar-refractivity contribution in [2.45, 2.75) is 18.9 Å². The van der Waals surface area contributed by atoms with Gasteiger partial charge in [-0.2, -0.15) is 11.8 Å². The summed E-state index contributed by atoms with van der Waals surface area (Å²) in [5.74, 6) is 3.61. The van der Waals surface area contributed by atoms with Crippen LogP contribution in [-0.2, 0) is 0 Å². The van der Waals surface area contributed by atoms with E-state index in [0.717, 1.165) is 16.6 Å². The second-order valence-electron chi connectivity index (χ2n) is 4.60. The molecular formula is C14H16N2OS. The van der Waals surface area contributed by atoms with Crippen molar-refractivity contribution in [1.29, 1.82) is 0 Å². The summed E-state index contributed by atoms with van der Waals surface area (Å²) in [7, 11) is 0. The van der Waals surface area contributed by atoms with Crippen molar-refractivity contribution in [3.8, 4) is 5.75 Å². The molecule has 0 saturated carbocycles. The van der Waals surface area contributed by atoms with Crippen LogP contribution in [0.4, 0.5) is 5.82 Å². The average molecular weight is 260 g/mol. The summed E-state index contributed by atoms with van der Waals surface area (Å²) in [6.07, 6.45) is 4.18. The molecule has 94 valence electrons. The minimum atomic E-state index is 0.290. The Morgan fingerprint density at radius 2 is 2.06 bits per heavy atom. The van der Waals surface area contributed by atoms with E-state index in [1.807, 2.05) is 30.1 Å². The van der Waals surface area contributed by atoms with Gasteiger partial charge in [-0.3, -0.25) is 0 Å². The first-order valence-electron chi connectivity index (χ1n) is 6.25. The molecule has 0 spiro atoms. The highest BCUT2D eigenvalue weighted by atomic mass is 32.2.